The van der Waals surface area contributed by atoms with Gasteiger partial charge in [-0.3, -0.25) is 0 Å². The van der Waals surface area contributed by atoms with Gasteiger partial charge in [0.25, 0.3) is 0 Å². The van der Waals surface area contributed by atoms with Crippen LogP contribution in [0.5, 0.6) is 5.88 Å². The lowest BCUT2D eigenvalue weighted by Crippen LogP contribution is -2.23. The number of aromatic nitrogens is 2. The molecule has 0 aromatic carbocycles. The molecule has 0 spiro atoms. The first-order valence-electron chi connectivity index (χ1n) is 7.24. The summed E-state index contributed by atoms with van der Waals surface area (Å²) in [5.74, 6) is 1.58. The summed E-state index contributed by atoms with van der Waals surface area (Å²) in [5, 5.41) is 3.30. The number of anilines is 2. The summed E-state index contributed by atoms with van der Waals surface area (Å²) in [6, 6.07) is 0. The van der Waals surface area contributed by atoms with Crippen LogP contribution >= 0.6 is 0 Å². The number of hydrogen-bond donors (Lipinski definition) is 2. The molecule has 1 aromatic heterocycles. The number of nitrogens with zero attached hydrogens (tertiary/aromatic N) is 2. The predicted octanol–water partition coefficient (Wildman–Crippen LogP) is 2.07. The quantitative estimate of drug-likeness (QED) is 0.830. The fourth-order valence-electron chi connectivity index (χ4n) is 2.44. The lowest BCUT2D eigenvalue weighted by atomic mass is 10.00. The minimum absolute atomic E-state index is 0.0350. The summed E-state index contributed by atoms with van der Waals surface area (Å²) in [6.07, 6.45) is 3.95. The molecule has 2 heterocycles. The average Bonchev–Trinajstić information content (AvgIpc) is 2.86. The van der Waals surface area contributed by atoms with Crippen LogP contribution in [0, 0.1) is 5.92 Å². The smallest absolute Gasteiger partial charge is 0.242 e. The molecular weight excluding hydrogens is 256 g/mol. The monoisotopic (exact) mass is 280 g/mol. The third-order valence-corrected chi connectivity index (χ3v) is 3.48. The fraction of sp³-hybridized carbons (Fsp3) is 0.714. The van der Waals surface area contributed by atoms with Crippen molar-refractivity contribution in [3.8, 4) is 5.88 Å². The normalized spacial score (nSPS) is 22.2. The summed E-state index contributed by atoms with van der Waals surface area (Å²) < 4.78 is 11.2. The van der Waals surface area contributed by atoms with Gasteiger partial charge >= 0.3 is 0 Å². The van der Waals surface area contributed by atoms with Gasteiger partial charge in [-0.2, -0.15) is 4.98 Å². The number of nitrogens with two attached hydrogens (primary N) is 1. The predicted molar refractivity (Wildman–Crippen MR) is 78.8 cm³/mol. The van der Waals surface area contributed by atoms with Crippen LogP contribution < -0.4 is 15.8 Å². The molecule has 2 atom stereocenters. The number of nitrogens with one attached hydrogen (secondary N) is 1. The first-order chi connectivity index (χ1) is 9.61. The zero-order valence-electron chi connectivity index (χ0n) is 12.4. The number of ether oxygens (including phenoxy) is 2. The van der Waals surface area contributed by atoms with Crippen LogP contribution in [-0.2, 0) is 4.74 Å². The second kappa shape index (κ2) is 6.74. The van der Waals surface area contributed by atoms with Crippen LogP contribution in [-0.4, -0.2) is 35.3 Å². The first-order valence-corrected chi connectivity index (χ1v) is 7.24. The Hall–Kier alpha value is -1.56. The Morgan fingerprint density at radius 3 is 3.00 bits per heavy atom. The lowest BCUT2D eigenvalue weighted by Gasteiger charge is -2.19. The molecule has 1 aromatic rings. The van der Waals surface area contributed by atoms with Gasteiger partial charge in [0, 0.05) is 19.1 Å². The second-order valence-corrected chi connectivity index (χ2v) is 5.35. The van der Waals surface area contributed by atoms with Crippen molar-refractivity contribution in [3.05, 3.63) is 6.33 Å². The van der Waals surface area contributed by atoms with E-state index < -0.39 is 0 Å². The topological polar surface area (TPSA) is 82.3 Å². The van der Waals surface area contributed by atoms with Gasteiger partial charge in [-0.05, 0) is 26.7 Å². The van der Waals surface area contributed by atoms with Gasteiger partial charge in [-0.15, -0.1) is 0 Å². The van der Waals surface area contributed by atoms with Crippen molar-refractivity contribution in [3.63, 3.8) is 0 Å². The van der Waals surface area contributed by atoms with Gasteiger partial charge in [-0.1, -0.05) is 6.92 Å². The van der Waals surface area contributed by atoms with Crippen molar-refractivity contribution >= 4 is 11.5 Å². The van der Waals surface area contributed by atoms with E-state index >= 15 is 0 Å². The van der Waals surface area contributed by atoms with Gasteiger partial charge in [-0.25, -0.2) is 4.98 Å². The lowest BCUT2D eigenvalue weighted by molar-refractivity contribution is 0.0900. The third-order valence-electron chi connectivity index (χ3n) is 3.48. The van der Waals surface area contributed by atoms with Crippen molar-refractivity contribution in [2.75, 3.05) is 24.2 Å². The molecule has 6 nitrogen and oxygen atoms in total. The van der Waals surface area contributed by atoms with Crippen molar-refractivity contribution in [1.29, 1.82) is 0 Å². The Morgan fingerprint density at radius 1 is 1.50 bits per heavy atom. The molecule has 6 heteroatoms. The summed E-state index contributed by atoms with van der Waals surface area (Å²) in [6.45, 7) is 7.68. The Labute approximate surface area is 120 Å². The van der Waals surface area contributed by atoms with Gasteiger partial charge in [0.05, 0.1) is 12.2 Å². The third kappa shape index (κ3) is 3.50. The molecule has 0 aliphatic carbocycles. The molecule has 0 amide bonds. The van der Waals surface area contributed by atoms with E-state index in [2.05, 4.69) is 22.2 Å². The van der Waals surface area contributed by atoms with Crippen molar-refractivity contribution < 1.29 is 9.47 Å². The highest BCUT2D eigenvalue weighted by molar-refractivity contribution is 5.66. The van der Waals surface area contributed by atoms with Crippen LogP contribution in [0.15, 0.2) is 6.33 Å². The molecule has 2 unspecified atom stereocenters. The Balaban J connectivity index is 1.99. The van der Waals surface area contributed by atoms with Crippen molar-refractivity contribution in [2.24, 2.45) is 5.92 Å². The molecule has 112 valence electrons. The van der Waals surface area contributed by atoms with Crippen LogP contribution in [0.4, 0.5) is 11.5 Å². The Morgan fingerprint density at radius 2 is 2.30 bits per heavy atom. The van der Waals surface area contributed by atoms with E-state index in [4.69, 9.17) is 15.2 Å². The average molecular weight is 280 g/mol. The van der Waals surface area contributed by atoms with Crippen LogP contribution in [0.3, 0.4) is 0 Å². The highest BCUT2D eigenvalue weighted by Crippen LogP contribution is 2.28. The number of hydrogen-bond acceptors (Lipinski definition) is 6. The standard InChI is InChI=1S/C14H24N4O2/c1-4-11-10(5-6-19-11)7-16-13-12(15)14(18-8-17-13)20-9(2)3/h8-11H,4-7,15H2,1-3H3,(H,16,17,18). The maximum absolute atomic E-state index is 6.04. The minimum atomic E-state index is 0.0350. The SMILES string of the molecule is CCC1OCCC1CNc1ncnc(OC(C)C)c1N. The van der Waals surface area contributed by atoms with E-state index in [1.54, 1.807) is 0 Å². The summed E-state index contributed by atoms with van der Waals surface area (Å²) in [5.41, 5.74) is 6.51. The zero-order chi connectivity index (χ0) is 14.5. The fourth-order valence-corrected chi connectivity index (χ4v) is 2.44. The van der Waals surface area contributed by atoms with E-state index in [0.29, 0.717) is 29.4 Å². The number of nitrogen functional groups attached to an aromatic ring is 1. The highest BCUT2D eigenvalue weighted by atomic mass is 16.5. The summed E-state index contributed by atoms with van der Waals surface area (Å²) >= 11 is 0. The van der Waals surface area contributed by atoms with Crippen molar-refractivity contribution in [1.82, 2.24) is 9.97 Å². The van der Waals surface area contributed by atoms with Crippen LogP contribution in [0.25, 0.3) is 0 Å². The molecular formula is C14H24N4O2. The molecule has 2 rings (SSSR count). The molecule has 3 N–H and O–H groups in total. The van der Waals surface area contributed by atoms with Gasteiger partial charge < -0.3 is 20.5 Å². The molecule has 0 bridgehead atoms. The van der Waals surface area contributed by atoms with E-state index in [0.717, 1.165) is 26.0 Å². The molecule has 0 saturated carbocycles. The van der Waals surface area contributed by atoms with E-state index in [-0.39, 0.29) is 6.10 Å². The molecule has 1 aliphatic heterocycles. The van der Waals surface area contributed by atoms with Gasteiger partial charge in [0.15, 0.2) is 5.82 Å². The van der Waals surface area contributed by atoms with E-state index in [1.807, 2.05) is 13.8 Å². The highest BCUT2D eigenvalue weighted by Gasteiger charge is 2.26. The Bertz CT molecular complexity index is 439. The minimum Gasteiger partial charge on any atom is -0.473 e. The molecule has 20 heavy (non-hydrogen) atoms. The molecule has 1 fully saturated rings. The number of rotatable bonds is 6. The largest absolute Gasteiger partial charge is 0.473 e. The van der Waals surface area contributed by atoms with Crippen molar-refractivity contribution in [2.45, 2.75) is 45.8 Å². The van der Waals surface area contributed by atoms with Gasteiger partial charge in [0.1, 0.15) is 12.0 Å². The molecule has 1 aliphatic rings. The van der Waals surface area contributed by atoms with Crippen LogP contribution in [0.1, 0.15) is 33.6 Å². The summed E-state index contributed by atoms with van der Waals surface area (Å²) in [7, 11) is 0. The maximum atomic E-state index is 6.04. The maximum Gasteiger partial charge on any atom is 0.242 e. The van der Waals surface area contributed by atoms with E-state index in [9.17, 15) is 0 Å². The van der Waals surface area contributed by atoms with Gasteiger partial charge in [0.2, 0.25) is 5.88 Å². The Kier molecular flexibility index (Phi) is 5.00. The van der Waals surface area contributed by atoms with Crippen LogP contribution in [0.2, 0.25) is 0 Å². The zero-order valence-corrected chi connectivity index (χ0v) is 12.4. The summed E-state index contributed by atoms with van der Waals surface area (Å²) in [4.78, 5) is 8.26. The molecule has 1 saturated heterocycles. The van der Waals surface area contributed by atoms with E-state index in [1.165, 1.54) is 6.33 Å². The second-order valence-electron chi connectivity index (χ2n) is 5.35. The first kappa shape index (κ1) is 14.8. The molecule has 0 radical (unpaired) electrons.